The first-order valence-corrected chi connectivity index (χ1v) is 9.94. The maximum Gasteiger partial charge on any atom is 0.234 e. The fourth-order valence-corrected chi connectivity index (χ4v) is 3.58. The fourth-order valence-electron chi connectivity index (χ4n) is 3.45. The van der Waals surface area contributed by atoms with Crippen molar-refractivity contribution < 1.29 is 13.9 Å². The Bertz CT molecular complexity index is 780. The van der Waals surface area contributed by atoms with Crippen LogP contribution in [-0.2, 0) is 9.53 Å². The molecule has 0 spiro atoms. The van der Waals surface area contributed by atoms with Gasteiger partial charge in [-0.2, -0.15) is 0 Å². The van der Waals surface area contributed by atoms with Gasteiger partial charge in [0.25, 0.3) is 0 Å². The number of nitrogens with zero attached hydrogens (tertiary/aromatic N) is 1. The second kappa shape index (κ2) is 9.50. The maximum atomic E-state index is 13.2. The molecule has 0 aromatic heterocycles. The standard InChI is InChI=1S/C22H26ClFN2O2/c1-15(2)22(17-5-9-19(24)10-6-17)25-21(27)14-26-11-12-28-20(13-26)16-3-7-18(23)8-4-16/h3-10,15,20,22H,11-14H2,1-2H3,(H,25,27). The van der Waals surface area contributed by atoms with Gasteiger partial charge in [0, 0.05) is 18.1 Å². The highest BCUT2D eigenvalue weighted by Gasteiger charge is 2.25. The molecule has 2 unspecified atom stereocenters. The van der Waals surface area contributed by atoms with E-state index in [9.17, 15) is 9.18 Å². The Kier molecular flexibility index (Phi) is 7.05. The highest BCUT2D eigenvalue weighted by Crippen LogP contribution is 2.24. The number of hydrogen-bond donors (Lipinski definition) is 1. The smallest absolute Gasteiger partial charge is 0.234 e. The predicted molar refractivity (Wildman–Crippen MR) is 109 cm³/mol. The summed E-state index contributed by atoms with van der Waals surface area (Å²) in [5, 5.41) is 3.79. The van der Waals surface area contributed by atoms with Crippen molar-refractivity contribution in [1.29, 1.82) is 0 Å². The SMILES string of the molecule is CC(C)C(NC(=O)CN1CCOC(c2ccc(Cl)cc2)C1)c1ccc(F)cc1. The minimum absolute atomic E-state index is 0.0419. The highest BCUT2D eigenvalue weighted by molar-refractivity contribution is 6.30. The van der Waals surface area contributed by atoms with Crippen LogP contribution < -0.4 is 5.32 Å². The van der Waals surface area contributed by atoms with Gasteiger partial charge in [-0.25, -0.2) is 4.39 Å². The van der Waals surface area contributed by atoms with E-state index in [1.807, 2.05) is 38.1 Å². The first-order valence-electron chi connectivity index (χ1n) is 9.56. The highest BCUT2D eigenvalue weighted by atomic mass is 35.5. The van der Waals surface area contributed by atoms with Crippen LogP contribution in [0.2, 0.25) is 5.02 Å². The average molecular weight is 405 g/mol. The second-order valence-corrected chi connectivity index (χ2v) is 7.92. The van der Waals surface area contributed by atoms with E-state index in [0.29, 0.717) is 31.3 Å². The molecule has 2 atom stereocenters. The minimum Gasteiger partial charge on any atom is -0.371 e. The van der Waals surface area contributed by atoms with Crippen molar-refractivity contribution in [2.45, 2.75) is 26.0 Å². The Labute approximate surface area is 170 Å². The van der Waals surface area contributed by atoms with Gasteiger partial charge in [0.05, 0.1) is 25.3 Å². The van der Waals surface area contributed by atoms with Crippen molar-refractivity contribution in [2.75, 3.05) is 26.2 Å². The van der Waals surface area contributed by atoms with Crippen LogP contribution in [0.25, 0.3) is 0 Å². The van der Waals surface area contributed by atoms with Gasteiger partial charge in [-0.1, -0.05) is 49.7 Å². The molecule has 1 amide bonds. The molecule has 3 rings (SSSR count). The second-order valence-electron chi connectivity index (χ2n) is 7.49. The van der Waals surface area contributed by atoms with Crippen LogP contribution in [0.1, 0.15) is 37.1 Å². The summed E-state index contributed by atoms with van der Waals surface area (Å²) in [6.45, 7) is 6.32. The van der Waals surface area contributed by atoms with Gasteiger partial charge in [-0.05, 0) is 41.3 Å². The van der Waals surface area contributed by atoms with Gasteiger partial charge in [0.15, 0.2) is 0 Å². The summed E-state index contributed by atoms with van der Waals surface area (Å²) >= 11 is 5.96. The van der Waals surface area contributed by atoms with E-state index in [-0.39, 0.29) is 29.8 Å². The fraction of sp³-hybridized carbons (Fsp3) is 0.409. The summed E-state index contributed by atoms with van der Waals surface area (Å²) < 4.78 is 19.1. The van der Waals surface area contributed by atoms with Crippen LogP contribution in [0.3, 0.4) is 0 Å². The molecule has 150 valence electrons. The summed E-state index contributed by atoms with van der Waals surface area (Å²) in [5.74, 6) is -0.125. The molecule has 0 radical (unpaired) electrons. The van der Waals surface area contributed by atoms with Crippen molar-refractivity contribution in [3.63, 3.8) is 0 Å². The molecule has 1 saturated heterocycles. The van der Waals surface area contributed by atoms with Crippen LogP contribution in [0, 0.1) is 11.7 Å². The largest absolute Gasteiger partial charge is 0.371 e. The molecule has 2 aromatic carbocycles. The first kappa shape index (κ1) is 20.8. The van der Waals surface area contributed by atoms with E-state index in [2.05, 4.69) is 10.2 Å². The van der Waals surface area contributed by atoms with Crippen molar-refractivity contribution >= 4 is 17.5 Å². The summed E-state index contributed by atoms with van der Waals surface area (Å²) in [5.41, 5.74) is 1.96. The predicted octanol–water partition coefficient (Wildman–Crippen LogP) is 4.37. The molecule has 1 aliphatic heterocycles. The number of rotatable bonds is 6. The number of morpholine rings is 1. The maximum absolute atomic E-state index is 13.2. The molecule has 4 nitrogen and oxygen atoms in total. The summed E-state index contributed by atoms with van der Waals surface area (Å²) in [7, 11) is 0. The zero-order valence-corrected chi connectivity index (χ0v) is 17.0. The molecular formula is C22H26ClFN2O2. The van der Waals surface area contributed by atoms with Crippen LogP contribution in [0.15, 0.2) is 48.5 Å². The topological polar surface area (TPSA) is 41.6 Å². The van der Waals surface area contributed by atoms with Crippen molar-refractivity contribution in [1.82, 2.24) is 10.2 Å². The van der Waals surface area contributed by atoms with Crippen molar-refractivity contribution in [3.05, 3.63) is 70.5 Å². The molecule has 0 saturated carbocycles. The summed E-state index contributed by atoms with van der Waals surface area (Å²) in [6.07, 6.45) is -0.0724. The van der Waals surface area contributed by atoms with Crippen LogP contribution in [-0.4, -0.2) is 37.0 Å². The quantitative estimate of drug-likeness (QED) is 0.777. The Morgan fingerprint density at radius 2 is 1.89 bits per heavy atom. The first-order chi connectivity index (χ1) is 13.4. The minimum atomic E-state index is -0.279. The Balaban J connectivity index is 1.59. The number of amides is 1. The lowest BCUT2D eigenvalue weighted by Gasteiger charge is -2.33. The lowest BCUT2D eigenvalue weighted by molar-refractivity contribution is -0.125. The van der Waals surface area contributed by atoms with Crippen molar-refractivity contribution in [3.8, 4) is 0 Å². The summed E-state index contributed by atoms with van der Waals surface area (Å²) in [6, 6.07) is 13.8. The third kappa shape index (κ3) is 5.53. The molecule has 2 aromatic rings. The third-order valence-electron chi connectivity index (χ3n) is 4.97. The molecule has 1 N–H and O–H groups in total. The average Bonchev–Trinajstić information content (AvgIpc) is 2.67. The molecule has 6 heteroatoms. The summed E-state index contributed by atoms with van der Waals surface area (Å²) in [4.78, 5) is 14.8. The van der Waals surface area contributed by atoms with Crippen LogP contribution in [0.5, 0.6) is 0 Å². The monoisotopic (exact) mass is 404 g/mol. The molecule has 0 bridgehead atoms. The van der Waals surface area contributed by atoms with Crippen LogP contribution >= 0.6 is 11.6 Å². The zero-order valence-electron chi connectivity index (χ0n) is 16.2. The molecule has 1 fully saturated rings. The van der Waals surface area contributed by atoms with Crippen molar-refractivity contribution in [2.24, 2.45) is 5.92 Å². The number of nitrogens with one attached hydrogen (secondary N) is 1. The number of halogens is 2. The van der Waals surface area contributed by atoms with E-state index in [1.54, 1.807) is 12.1 Å². The lowest BCUT2D eigenvalue weighted by atomic mass is 9.96. The van der Waals surface area contributed by atoms with E-state index in [0.717, 1.165) is 11.1 Å². The number of carbonyl (C=O) groups excluding carboxylic acids is 1. The normalized spacial score (nSPS) is 18.8. The number of benzene rings is 2. The molecule has 28 heavy (non-hydrogen) atoms. The molecule has 1 heterocycles. The Hall–Kier alpha value is -1.95. The van der Waals surface area contributed by atoms with Gasteiger partial charge < -0.3 is 10.1 Å². The zero-order chi connectivity index (χ0) is 20.1. The van der Waals surface area contributed by atoms with E-state index in [1.165, 1.54) is 12.1 Å². The molecule has 0 aliphatic carbocycles. The lowest BCUT2D eigenvalue weighted by Crippen LogP contribution is -2.45. The number of hydrogen-bond acceptors (Lipinski definition) is 3. The van der Waals surface area contributed by atoms with E-state index < -0.39 is 0 Å². The Morgan fingerprint density at radius 3 is 2.54 bits per heavy atom. The Morgan fingerprint density at radius 1 is 1.21 bits per heavy atom. The third-order valence-corrected chi connectivity index (χ3v) is 5.22. The number of carbonyl (C=O) groups is 1. The van der Waals surface area contributed by atoms with Gasteiger partial charge in [-0.3, -0.25) is 9.69 Å². The van der Waals surface area contributed by atoms with Gasteiger partial charge >= 0.3 is 0 Å². The molecule has 1 aliphatic rings. The van der Waals surface area contributed by atoms with E-state index in [4.69, 9.17) is 16.3 Å². The van der Waals surface area contributed by atoms with Gasteiger partial charge in [0.2, 0.25) is 5.91 Å². The van der Waals surface area contributed by atoms with E-state index >= 15 is 0 Å². The molecular weight excluding hydrogens is 379 g/mol. The number of ether oxygens (including phenoxy) is 1. The van der Waals surface area contributed by atoms with Gasteiger partial charge in [0.1, 0.15) is 5.82 Å². The van der Waals surface area contributed by atoms with Gasteiger partial charge in [-0.15, -0.1) is 0 Å². The van der Waals surface area contributed by atoms with Crippen LogP contribution in [0.4, 0.5) is 4.39 Å².